The largest absolute Gasteiger partial charge is 0.463 e. The van der Waals surface area contributed by atoms with Gasteiger partial charge < -0.3 is 10.1 Å². The molecule has 1 N–H and O–H groups in total. The summed E-state index contributed by atoms with van der Waals surface area (Å²) in [6, 6.07) is 2.85. The van der Waals surface area contributed by atoms with Crippen LogP contribution in [-0.4, -0.2) is 15.9 Å². The molecule has 1 amide bonds. The van der Waals surface area contributed by atoms with Gasteiger partial charge >= 0.3 is 0 Å². The maximum Gasteiger partial charge on any atom is 0.246 e. The summed E-state index contributed by atoms with van der Waals surface area (Å²) in [6.07, 6.45) is -0.346. The summed E-state index contributed by atoms with van der Waals surface area (Å²) in [5, 5.41) is 3.07. The molecule has 118 valence electrons. The molecule has 21 heavy (non-hydrogen) atoms. The van der Waals surface area contributed by atoms with E-state index in [1.165, 1.54) is 12.1 Å². The summed E-state index contributed by atoms with van der Waals surface area (Å²) in [4.78, 5) is 11.7. The van der Waals surface area contributed by atoms with Crippen LogP contribution in [0.2, 0.25) is 15.1 Å². The Morgan fingerprint density at radius 2 is 1.76 bits per heavy atom. The molecule has 1 rings (SSSR count). The number of amides is 1. The van der Waals surface area contributed by atoms with Crippen molar-refractivity contribution in [3.8, 4) is 5.75 Å². The minimum Gasteiger partial charge on any atom is -0.463 e. The van der Waals surface area contributed by atoms with E-state index in [1.54, 1.807) is 0 Å². The first-order chi connectivity index (χ1) is 9.65. The molecule has 0 aliphatic rings. The first-order valence-corrected chi connectivity index (χ1v) is 8.09. The Morgan fingerprint density at radius 3 is 2.19 bits per heavy atom. The fourth-order valence-electron chi connectivity index (χ4n) is 1.38. The van der Waals surface area contributed by atoms with Crippen LogP contribution < -0.4 is 10.1 Å². The normalized spacial score (nSPS) is 12.9. The summed E-state index contributed by atoms with van der Waals surface area (Å²) in [5.74, 6) is -0.258. The fourth-order valence-corrected chi connectivity index (χ4v) is 2.59. The summed E-state index contributed by atoms with van der Waals surface area (Å²) >= 11 is 35.2. The second kappa shape index (κ2) is 8.19. The zero-order valence-electron chi connectivity index (χ0n) is 10.7. The molecule has 3 nitrogen and oxygen atoms in total. The fraction of sp³-hybridized carbons (Fsp3) is 0.417. The van der Waals surface area contributed by atoms with Gasteiger partial charge in [0.25, 0.3) is 0 Å². The lowest BCUT2D eigenvalue weighted by molar-refractivity contribution is -0.123. The predicted molar refractivity (Wildman–Crippen MR) is 89.2 cm³/mol. The molecule has 0 aromatic heterocycles. The van der Waals surface area contributed by atoms with Gasteiger partial charge in [0.05, 0.1) is 10.0 Å². The third-order valence-corrected chi connectivity index (χ3v) is 3.64. The van der Waals surface area contributed by atoms with Crippen molar-refractivity contribution in [1.29, 1.82) is 0 Å². The minimum absolute atomic E-state index is 0.0656. The number of benzene rings is 1. The monoisotopic (exact) mass is 411 g/mol. The Balaban J connectivity index is 3.00. The van der Waals surface area contributed by atoms with Gasteiger partial charge in [-0.15, -0.1) is 0 Å². The number of nitrogens with one attached hydrogen (secondary N) is 1. The van der Waals surface area contributed by atoms with Crippen LogP contribution in [-0.2, 0) is 4.79 Å². The number of ether oxygens (including phenoxy) is 1. The summed E-state index contributed by atoms with van der Waals surface area (Å²) in [5.41, 5.74) is 0. The molecule has 0 saturated heterocycles. The van der Waals surface area contributed by atoms with Crippen LogP contribution >= 0.6 is 69.6 Å². The number of alkyl halides is 3. The van der Waals surface area contributed by atoms with Crippen molar-refractivity contribution in [1.82, 2.24) is 5.32 Å². The highest BCUT2D eigenvalue weighted by atomic mass is 35.6. The number of hydrogen-bond acceptors (Lipinski definition) is 2. The summed E-state index contributed by atoms with van der Waals surface area (Å²) in [7, 11) is 0. The predicted octanol–water partition coefficient (Wildman–Crippen LogP) is 5.64. The molecule has 1 aromatic carbocycles. The van der Waals surface area contributed by atoms with Crippen LogP contribution in [0.4, 0.5) is 0 Å². The maximum atomic E-state index is 11.7. The van der Waals surface area contributed by atoms with Gasteiger partial charge in [0.15, 0.2) is 5.75 Å². The zero-order valence-corrected chi connectivity index (χ0v) is 15.3. The topological polar surface area (TPSA) is 38.3 Å². The molecule has 0 bridgehead atoms. The summed E-state index contributed by atoms with van der Waals surface area (Å²) in [6.45, 7) is 1.84. The van der Waals surface area contributed by atoms with E-state index in [1.807, 2.05) is 6.92 Å². The highest BCUT2D eigenvalue weighted by molar-refractivity contribution is 6.68. The zero-order chi connectivity index (χ0) is 16.2. The van der Waals surface area contributed by atoms with Crippen molar-refractivity contribution in [3.05, 3.63) is 27.2 Å². The Labute approximate surface area is 152 Å². The van der Waals surface area contributed by atoms with Crippen molar-refractivity contribution in [2.24, 2.45) is 0 Å². The lowest BCUT2D eigenvalue weighted by Crippen LogP contribution is -2.47. The smallest absolute Gasteiger partial charge is 0.246 e. The van der Waals surface area contributed by atoms with Crippen molar-refractivity contribution in [2.45, 2.75) is 29.8 Å². The Kier molecular flexibility index (Phi) is 7.51. The van der Waals surface area contributed by atoms with E-state index < -0.39 is 10.0 Å². The Hall–Kier alpha value is 0.230. The van der Waals surface area contributed by atoms with E-state index in [4.69, 9.17) is 74.3 Å². The van der Waals surface area contributed by atoms with Gasteiger partial charge in [0.1, 0.15) is 0 Å². The second-order valence-electron chi connectivity index (χ2n) is 4.06. The van der Waals surface area contributed by atoms with E-state index in [0.29, 0.717) is 11.4 Å². The van der Waals surface area contributed by atoms with Crippen molar-refractivity contribution in [2.75, 3.05) is 0 Å². The van der Waals surface area contributed by atoms with E-state index in [-0.39, 0.29) is 28.1 Å². The Bertz CT molecular complexity index is 494. The van der Waals surface area contributed by atoms with Crippen molar-refractivity contribution < 1.29 is 9.53 Å². The molecule has 0 aliphatic heterocycles. The van der Waals surface area contributed by atoms with Gasteiger partial charge in [-0.2, -0.15) is 0 Å². The standard InChI is InChI=1S/C12H11Cl6NO2/c1-2-3-9(20)19-11(12(16,17)18)21-10-7(14)4-6(13)5-8(10)15/h4-5,11H,2-3H2,1H3,(H,19,20). The average molecular weight is 414 g/mol. The number of rotatable bonds is 5. The van der Waals surface area contributed by atoms with E-state index >= 15 is 0 Å². The molecule has 9 heteroatoms. The molecule has 0 aliphatic carbocycles. The SMILES string of the molecule is CCCC(=O)NC(Oc1c(Cl)cc(Cl)cc1Cl)C(Cl)(Cl)Cl. The van der Waals surface area contributed by atoms with Crippen molar-refractivity contribution >= 4 is 75.5 Å². The number of hydrogen-bond donors (Lipinski definition) is 1. The molecule has 0 heterocycles. The molecule has 1 atom stereocenters. The molecule has 0 spiro atoms. The van der Waals surface area contributed by atoms with Crippen molar-refractivity contribution in [3.63, 3.8) is 0 Å². The Morgan fingerprint density at radius 1 is 1.24 bits per heavy atom. The van der Waals surface area contributed by atoms with Crippen LogP contribution in [0.25, 0.3) is 0 Å². The van der Waals surface area contributed by atoms with Crippen LogP contribution in [0.3, 0.4) is 0 Å². The molecular formula is C12H11Cl6NO2. The molecule has 0 fully saturated rings. The van der Waals surface area contributed by atoms with Gasteiger partial charge in [-0.05, 0) is 18.6 Å². The molecular weight excluding hydrogens is 403 g/mol. The number of halogens is 6. The van der Waals surface area contributed by atoms with Crippen LogP contribution in [0.1, 0.15) is 19.8 Å². The van der Waals surface area contributed by atoms with Crippen LogP contribution in [0.5, 0.6) is 5.75 Å². The quantitative estimate of drug-likeness (QED) is 0.501. The van der Waals surface area contributed by atoms with E-state index in [0.717, 1.165) is 0 Å². The van der Waals surface area contributed by atoms with Gasteiger partial charge in [-0.1, -0.05) is 76.5 Å². The highest BCUT2D eigenvalue weighted by Gasteiger charge is 2.37. The minimum atomic E-state index is -1.91. The molecule has 1 aromatic rings. The maximum absolute atomic E-state index is 11.7. The summed E-state index contributed by atoms with van der Waals surface area (Å²) < 4.78 is 3.56. The molecule has 0 radical (unpaired) electrons. The molecule has 0 saturated carbocycles. The van der Waals surface area contributed by atoms with Gasteiger partial charge in [0, 0.05) is 11.4 Å². The van der Waals surface area contributed by atoms with Gasteiger partial charge in [-0.3, -0.25) is 4.79 Å². The second-order valence-corrected chi connectivity index (χ2v) is 7.68. The highest BCUT2D eigenvalue weighted by Crippen LogP contribution is 2.39. The lowest BCUT2D eigenvalue weighted by atomic mass is 10.3. The van der Waals surface area contributed by atoms with Crippen LogP contribution in [0, 0.1) is 0 Å². The third kappa shape index (κ3) is 6.09. The van der Waals surface area contributed by atoms with Gasteiger partial charge in [0.2, 0.25) is 15.9 Å². The number of carbonyl (C=O) groups excluding carboxylic acids is 1. The molecule has 1 unspecified atom stereocenters. The first-order valence-electron chi connectivity index (χ1n) is 5.82. The van der Waals surface area contributed by atoms with Crippen LogP contribution in [0.15, 0.2) is 12.1 Å². The first kappa shape index (κ1) is 19.3. The third-order valence-electron chi connectivity index (χ3n) is 2.27. The van der Waals surface area contributed by atoms with Gasteiger partial charge in [-0.25, -0.2) is 0 Å². The lowest BCUT2D eigenvalue weighted by Gasteiger charge is -2.27. The van der Waals surface area contributed by atoms with E-state index in [2.05, 4.69) is 5.32 Å². The van der Waals surface area contributed by atoms with E-state index in [9.17, 15) is 4.79 Å². The average Bonchev–Trinajstić information content (AvgIpc) is 2.30. The number of carbonyl (C=O) groups is 1.